The first-order valence-electron chi connectivity index (χ1n) is 24.2. The number of hydrogen-bond donors (Lipinski definition) is 19. The molecule has 0 aliphatic heterocycles. The van der Waals surface area contributed by atoms with Crippen LogP contribution in [0.3, 0.4) is 0 Å². The van der Waals surface area contributed by atoms with E-state index in [0.717, 1.165) is 0 Å². The third-order valence-electron chi connectivity index (χ3n) is 10.3. The van der Waals surface area contributed by atoms with Crippen LogP contribution >= 0.6 is 0 Å². The summed E-state index contributed by atoms with van der Waals surface area (Å²) in [5, 5.41) is 18.3. The fourth-order valence-corrected chi connectivity index (χ4v) is 6.74. The lowest BCUT2D eigenvalue weighted by Crippen LogP contribution is -2.59. The maximum Gasteiger partial charge on any atom is 0.243 e. The smallest absolute Gasteiger partial charge is 0.243 e. The first-order chi connectivity index (χ1) is 35.3. The van der Waals surface area contributed by atoms with Gasteiger partial charge in [0.05, 0.1) is 6.54 Å². The number of rotatable bonds is 39. The number of Topliss-reactive ketones (excluding diaryl/α,β-unsaturated/α-hetero) is 1. The molecule has 0 rings (SSSR count). The molecule has 0 saturated heterocycles. The van der Waals surface area contributed by atoms with Gasteiger partial charge in [-0.25, -0.2) is 0 Å². The molecule has 33 heteroatoms. The van der Waals surface area contributed by atoms with E-state index in [4.69, 9.17) is 68.8 Å². The van der Waals surface area contributed by atoms with Crippen LogP contribution in [0.25, 0.3) is 0 Å². The molecule has 0 heterocycles. The largest absolute Gasteiger partial charge is 0.370 e. The molecular weight excluding hydrogens is 983 g/mol. The maximum atomic E-state index is 14.4. The standard InChI is InChI=1S/C42H83N25O8/c1-23(68)22-61-31(70)25(10-3-4-16-55-37(43)44)63-33(72)27(12-6-18-57-39(47)48)65-35(74)29(14-8-20-59-41(51)52)67-36(75)30(15-9-21-60-42(53)54)66-34(73)28(13-7-19-58-40(49)50)64-32(71)26(62-24(2)69)11-5-17-56-38(45)46/h25-30H,3-22H2,1-2H3,(H,61,70)(H,62,69)(H,63,72)(H,64,71)(H,65,74)(H,66,73)(H,67,75)(H4,43,44,55)(H4,45,46,56)(H4,47,48,57)(H4,49,50,58)(H4,51,52,59)(H4,53,54,60)/t25-,26-,27-,28-,29-,30-/m0/s1. The van der Waals surface area contributed by atoms with Crippen LogP contribution in [0.5, 0.6) is 0 Å². The van der Waals surface area contributed by atoms with E-state index in [0.29, 0.717) is 12.8 Å². The van der Waals surface area contributed by atoms with Crippen molar-refractivity contribution in [1.29, 1.82) is 0 Å². The van der Waals surface area contributed by atoms with E-state index in [-0.39, 0.29) is 158 Å². The van der Waals surface area contributed by atoms with Crippen molar-refractivity contribution in [3.8, 4) is 0 Å². The van der Waals surface area contributed by atoms with Crippen LogP contribution in [-0.4, -0.2) is 165 Å². The number of nitrogens with one attached hydrogen (secondary N) is 7. The molecule has 0 saturated carbocycles. The first kappa shape index (κ1) is 66.6. The molecule has 0 aromatic heterocycles. The van der Waals surface area contributed by atoms with E-state index >= 15 is 0 Å². The Labute approximate surface area is 435 Å². The van der Waals surface area contributed by atoms with Crippen molar-refractivity contribution in [3.05, 3.63) is 0 Å². The summed E-state index contributed by atoms with van der Waals surface area (Å²) in [6, 6.07) is -7.84. The molecule has 75 heavy (non-hydrogen) atoms. The highest BCUT2D eigenvalue weighted by Crippen LogP contribution is 2.10. The number of carbonyl (C=O) groups excluding carboxylic acids is 8. The summed E-state index contributed by atoms with van der Waals surface area (Å²) in [7, 11) is 0. The van der Waals surface area contributed by atoms with Gasteiger partial charge in [-0.05, 0) is 90.4 Å². The Hall–Kier alpha value is -8.42. The second kappa shape index (κ2) is 38.2. The number of amides is 7. The Bertz CT molecular complexity index is 2020. The predicted octanol–water partition coefficient (Wildman–Crippen LogP) is -8.67. The third kappa shape index (κ3) is 34.6. The van der Waals surface area contributed by atoms with E-state index in [1.54, 1.807) is 0 Å². The Morgan fingerprint density at radius 2 is 0.520 bits per heavy atom. The first-order valence-corrected chi connectivity index (χ1v) is 24.2. The summed E-state index contributed by atoms with van der Waals surface area (Å²) in [5.74, 6) is -6.93. The minimum absolute atomic E-state index is 0.0122. The number of hydrogen-bond acceptors (Lipinski definition) is 14. The molecule has 31 N–H and O–H groups in total. The molecule has 0 fully saturated rings. The molecule has 0 aliphatic rings. The number of aliphatic imine (C=N–C) groups is 6. The van der Waals surface area contributed by atoms with Crippen molar-refractivity contribution >= 4 is 82.9 Å². The van der Waals surface area contributed by atoms with Crippen LogP contribution in [0, 0.1) is 0 Å². The molecule has 0 unspecified atom stereocenters. The minimum atomic E-state index is -1.42. The monoisotopic (exact) mass is 1070 g/mol. The SMILES string of the molecule is CC(=O)CNC(=O)[C@H](CCCCN=C(N)N)NC(=O)[C@H](CCCN=C(N)N)NC(=O)[C@H](CCCN=C(N)N)NC(=O)[C@H](CCCN=C(N)N)NC(=O)[C@H](CCCN=C(N)N)NC(=O)[C@H](CCCN=C(N)N)NC(C)=O. The van der Waals surface area contributed by atoms with Crippen molar-refractivity contribution in [2.75, 3.05) is 45.8 Å². The van der Waals surface area contributed by atoms with Crippen LogP contribution in [0.15, 0.2) is 30.0 Å². The molecule has 0 aliphatic carbocycles. The van der Waals surface area contributed by atoms with Crippen molar-refractivity contribution in [2.24, 2.45) is 98.8 Å². The number of carbonyl (C=O) groups is 8. The van der Waals surface area contributed by atoms with Crippen LogP contribution in [-0.2, 0) is 38.4 Å². The van der Waals surface area contributed by atoms with Crippen molar-refractivity contribution in [3.63, 3.8) is 0 Å². The second-order valence-corrected chi connectivity index (χ2v) is 17.0. The summed E-state index contributed by atoms with van der Waals surface area (Å²) in [6.07, 6.45) is 1.39. The Morgan fingerprint density at radius 1 is 0.307 bits per heavy atom. The van der Waals surface area contributed by atoms with Crippen molar-refractivity contribution < 1.29 is 38.4 Å². The number of nitrogens with zero attached hydrogens (tertiary/aromatic N) is 6. The summed E-state index contributed by atoms with van der Waals surface area (Å²) in [5.41, 5.74) is 65.8. The van der Waals surface area contributed by atoms with E-state index in [2.05, 4.69) is 67.2 Å². The van der Waals surface area contributed by atoms with E-state index in [1.165, 1.54) is 13.8 Å². The van der Waals surface area contributed by atoms with E-state index < -0.39 is 77.6 Å². The average Bonchev–Trinajstić information content (AvgIpc) is 3.31. The molecule has 0 bridgehead atoms. The van der Waals surface area contributed by atoms with Gasteiger partial charge in [0.25, 0.3) is 0 Å². The molecule has 424 valence electrons. The summed E-state index contributed by atoms with van der Waals surface area (Å²) in [6.45, 7) is 2.65. The molecule has 33 nitrogen and oxygen atoms in total. The van der Waals surface area contributed by atoms with Gasteiger partial charge in [0.2, 0.25) is 41.4 Å². The molecule has 0 aromatic rings. The highest BCUT2D eigenvalue weighted by Gasteiger charge is 2.33. The lowest BCUT2D eigenvalue weighted by molar-refractivity contribution is -0.135. The van der Waals surface area contributed by atoms with Gasteiger partial charge >= 0.3 is 0 Å². The topological polar surface area (TPSA) is 607 Å². The van der Waals surface area contributed by atoms with Crippen LogP contribution in [0.4, 0.5) is 0 Å². The number of unbranched alkanes of at least 4 members (excludes halogenated alkanes) is 1. The van der Waals surface area contributed by atoms with E-state index in [9.17, 15) is 38.4 Å². The van der Waals surface area contributed by atoms with Gasteiger partial charge in [0, 0.05) is 46.2 Å². The van der Waals surface area contributed by atoms with Gasteiger partial charge in [-0.2, -0.15) is 0 Å². The van der Waals surface area contributed by atoms with Gasteiger partial charge in [-0.15, -0.1) is 0 Å². The van der Waals surface area contributed by atoms with Crippen LogP contribution in [0.1, 0.15) is 97.3 Å². The predicted molar refractivity (Wildman–Crippen MR) is 285 cm³/mol. The number of nitrogens with two attached hydrogens (primary N) is 12. The molecule has 7 amide bonds. The summed E-state index contributed by atoms with van der Waals surface area (Å²) >= 11 is 0. The van der Waals surface area contributed by atoms with Gasteiger partial charge in [-0.3, -0.25) is 68.3 Å². The highest BCUT2D eigenvalue weighted by molar-refractivity contribution is 5.97. The lowest BCUT2D eigenvalue weighted by Gasteiger charge is -2.28. The van der Waals surface area contributed by atoms with Gasteiger partial charge in [0.1, 0.15) is 42.0 Å². The zero-order valence-corrected chi connectivity index (χ0v) is 43.0. The fourth-order valence-electron chi connectivity index (χ4n) is 6.74. The fraction of sp³-hybridized carbons (Fsp3) is 0.667. The quantitative estimate of drug-likeness (QED) is 0.0154. The van der Waals surface area contributed by atoms with Gasteiger partial charge in [-0.1, -0.05) is 0 Å². The molecule has 0 spiro atoms. The molecule has 6 atom stereocenters. The Kier molecular flexibility index (Phi) is 33.9. The van der Waals surface area contributed by atoms with Gasteiger partial charge < -0.3 is 106 Å². The third-order valence-corrected chi connectivity index (χ3v) is 10.3. The van der Waals surface area contributed by atoms with Gasteiger partial charge in [0.15, 0.2) is 35.8 Å². The summed E-state index contributed by atoms with van der Waals surface area (Å²) < 4.78 is 0. The Balaban J connectivity index is 7.13. The van der Waals surface area contributed by atoms with Crippen molar-refractivity contribution in [1.82, 2.24) is 37.2 Å². The van der Waals surface area contributed by atoms with E-state index in [1.807, 2.05) is 0 Å². The number of guanidine groups is 6. The lowest BCUT2D eigenvalue weighted by atomic mass is 10.0. The zero-order valence-electron chi connectivity index (χ0n) is 43.0. The average molecular weight is 1070 g/mol. The van der Waals surface area contributed by atoms with Crippen LogP contribution in [0.2, 0.25) is 0 Å². The summed E-state index contributed by atoms with van der Waals surface area (Å²) in [4.78, 5) is 131. The van der Waals surface area contributed by atoms with Crippen LogP contribution < -0.4 is 106 Å². The maximum absolute atomic E-state index is 14.4. The Morgan fingerprint density at radius 3 is 0.747 bits per heavy atom. The second-order valence-electron chi connectivity index (χ2n) is 17.0. The highest BCUT2D eigenvalue weighted by atomic mass is 16.2. The molecular formula is C42H83N25O8. The zero-order chi connectivity index (χ0) is 56.9. The van der Waals surface area contributed by atoms with Crippen molar-refractivity contribution in [2.45, 2.75) is 134 Å². The minimum Gasteiger partial charge on any atom is -0.370 e. The molecule has 0 radical (unpaired) electrons. The number of ketones is 1. The molecule has 0 aromatic carbocycles. The normalized spacial score (nSPS) is 12.9.